The molecule has 0 saturated carbocycles. The first kappa shape index (κ1) is 30.7. The number of nitrogen functional groups attached to an aromatic ring is 1. The molecule has 1 fully saturated rings. The maximum atomic E-state index is 12.2. The van der Waals surface area contributed by atoms with Gasteiger partial charge in [0.15, 0.2) is 17.2 Å². The summed E-state index contributed by atoms with van der Waals surface area (Å²) in [5, 5.41) is 0. The molecule has 7 rings (SSSR count). The van der Waals surface area contributed by atoms with Crippen molar-refractivity contribution in [3.63, 3.8) is 0 Å². The lowest BCUT2D eigenvalue weighted by Crippen LogP contribution is -2.42. The van der Waals surface area contributed by atoms with Crippen LogP contribution in [-0.4, -0.2) is 57.7 Å². The molecule has 0 aliphatic carbocycles. The second kappa shape index (κ2) is 13.3. The topological polar surface area (TPSA) is 119 Å². The highest BCUT2D eigenvalue weighted by molar-refractivity contribution is 5.84. The fraction of sp³-hybridized carbons (Fsp3) is 0.250. The third-order valence-electron chi connectivity index (χ3n) is 8.21. The molecule has 0 unspecified atom stereocenters. The molecule has 0 atom stereocenters. The maximum absolute atomic E-state index is 12.2. The van der Waals surface area contributed by atoms with Crippen molar-refractivity contribution in [2.75, 3.05) is 43.9 Å². The fourth-order valence-corrected chi connectivity index (χ4v) is 5.96. The summed E-state index contributed by atoms with van der Waals surface area (Å²) < 4.78 is 7.21. The van der Waals surface area contributed by atoms with Crippen LogP contribution in [0, 0.1) is 0 Å². The molecule has 6 aromatic rings. The van der Waals surface area contributed by atoms with Crippen LogP contribution in [0.5, 0.6) is 5.75 Å². The Morgan fingerprint density at radius 1 is 0.826 bits per heavy atom. The third kappa shape index (κ3) is 5.75. The molecule has 0 bridgehead atoms. The summed E-state index contributed by atoms with van der Waals surface area (Å²) in [5.41, 5.74) is 12.0. The molecule has 0 radical (unpaired) electrons. The maximum Gasteiger partial charge on any atom is 0.272 e. The quantitative estimate of drug-likeness (QED) is 0.245. The van der Waals surface area contributed by atoms with Crippen molar-refractivity contribution in [2.45, 2.75) is 26.8 Å². The summed E-state index contributed by atoms with van der Waals surface area (Å²) in [6.07, 6.45) is 2.55. The van der Waals surface area contributed by atoms with E-state index in [2.05, 4.69) is 34.1 Å². The number of hydrogen-bond donors (Lipinski definition) is 1. The number of benzene rings is 2. The van der Waals surface area contributed by atoms with Gasteiger partial charge in [0.1, 0.15) is 17.0 Å². The van der Waals surface area contributed by atoms with Gasteiger partial charge >= 0.3 is 0 Å². The molecule has 0 amide bonds. The van der Waals surface area contributed by atoms with Crippen LogP contribution in [0.25, 0.3) is 39.5 Å². The predicted octanol–water partition coefficient (Wildman–Crippen LogP) is 5.07. The van der Waals surface area contributed by atoms with Crippen molar-refractivity contribution < 1.29 is 4.74 Å². The highest BCUT2D eigenvalue weighted by atomic mass is 16.5. The number of aromatic nitrogens is 4. The van der Waals surface area contributed by atoms with Crippen LogP contribution in [0.4, 0.5) is 11.5 Å². The number of rotatable bonds is 7. The van der Waals surface area contributed by atoms with E-state index in [4.69, 9.17) is 20.4 Å². The van der Waals surface area contributed by atoms with E-state index in [1.54, 1.807) is 6.20 Å². The lowest BCUT2D eigenvalue weighted by Gasteiger charge is -2.25. The van der Waals surface area contributed by atoms with Crippen LogP contribution >= 0.6 is 0 Å². The Hall–Kier alpha value is -5.35. The molecule has 234 valence electrons. The normalized spacial score (nSPS) is 13.8. The van der Waals surface area contributed by atoms with Crippen LogP contribution in [0.15, 0.2) is 94.6 Å². The van der Waals surface area contributed by atoms with Gasteiger partial charge in [-0.3, -0.25) is 19.1 Å². The van der Waals surface area contributed by atoms with Crippen molar-refractivity contribution in [1.29, 1.82) is 0 Å². The first-order valence-electron chi connectivity index (χ1n) is 15.6. The molecule has 1 saturated heterocycles. The van der Waals surface area contributed by atoms with Crippen molar-refractivity contribution >= 4 is 22.7 Å². The largest absolute Gasteiger partial charge is 0.491 e. The molecular weight excluding hydrogens is 578 g/mol. The van der Waals surface area contributed by atoms with Crippen molar-refractivity contribution in [1.82, 2.24) is 24.4 Å². The van der Waals surface area contributed by atoms with Gasteiger partial charge in [-0.15, -0.1) is 0 Å². The van der Waals surface area contributed by atoms with E-state index in [0.29, 0.717) is 30.4 Å². The molecule has 4 heterocycles. The standard InChI is InChI=1S/C34H31N7O3.C2H6/c1-44-31-28(29(42)30(31)43)40-18-6-17-39(19-20-40)21-22-10-12-24(13-11-22)41-33(25-9-5-16-36-32(25)35)38-27-15-14-26(37-34(27)41)23-7-3-2-4-8-23;1-2/h2-5,7-16H,6,17-21H2,1H3,(H2,35,36);1-2H3. The minimum absolute atomic E-state index is 0.184. The number of anilines is 2. The summed E-state index contributed by atoms with van der Waals surface area (Å²) in [5.74, 6) is 1.27. The van der Waals surface area contributed by atoms with Crippen molar-refractivity contribution in [3.8, 4) is 34.1 Å². The Balaban J connectivity index is 0.00000182. The summed E-state index contributed by atoms with van der Waals surface area (Å²) in [4.78, 5) is 42.7. The van der Waals surface area contributed by atoms with E-state index in [1.807, 2.05) is 77.9 Å². The highest BCUT2D eigenvalue weighted by Gasteiger charge is 2.28. The number of methoxy groups -OCH3 is 1. The van der Waals surface area contributed by atoms with Gasteiger partial charge in [-0.25, -0.2) is 15.0 Å². The smallest absolute Gasteiger partial charge is 0.272 e. The van der Waals surface area contributed by atoms with Crippen LogP contribution in [0.1, 0.15) is 25.8 Å². The summed E-state index contributed by atoms with van der Waals surface area (Å²) in [7, 11) is 1.44. The molecule has 1 aliphatic rings. The second-order valence-corrected chi connectivity index (χ2v) is 10.9. The zero-order valence-electron chi connectivity index (χ0n) is 26.3. The number of ether oxygens (including phenoxy) is 1. The Morgan fingerprint density at radius 2 is 1.61 bits per heavy atom. The molecule has 10 nitrogen and oxygen atoms in total. The number of imidazole rings is 1. The summed E-state index contributed by atoms with van der Waals surface area (Å²) in [6.45, 7) is 7.79. The predicted molar refractivity (Wildman–Crippen MR) is 183 cm³/mol. The van der Waals surface area contributed by atoms with Gasteiger partial charge in [0, 0.05) is 50.2 Å². The SMILES string of the molecule is CC.COc1c(N2CCCN(Cc3ccc(-n4c(-c5cccnc5N)nc5ccc(-c6ccccc6)nc54)cc3)CC2)c(=O)c1=O. The van der Waals surface area contributed by atoms with E-state index in [1.165, 1.54) is 12.7 Å². The average molecular weight is 616 g/mol. The number of hydrogen-bond acceptors (Lipinski definition) is 9. The summed E-state index contributed by atoms with van der Waals surface area (Å²) in [6, 6.07) is 26.3. The van der Waals surface area contributed by atoms with E-state index in [0.717, 1.165) is 59.7 Å². The van der Waals surface area contributed by atoms with Gasteiger partial charge in [0.05, 0.1) is 18.4 Å². The van der Waals surface area contributed by atoms with Crippen LogP contribution in [-0.2, 0) is 6.54 Å². The molecular formula is C36H37N7O3. The molecule has 3 aromatic carbocycles. The van der Waals surface area contributed by atoms with Gasteiger partial charge in [-0.05, 0) is 48.4 Å². The van der Waals surface area contributed by atoms with Gasteiger partial charge in [-0.2, -0.15) is 0 Å². The Kier molecular flexibility index (Phi) is 8.89. The second-order valence-electron chi connectivity index (χ2n) is 10.9. The van der Waals surface area contributed by atoms with Crippen molar-refractivity contribution in [3.05, 3.63) is 111 Å². The lowest BCUT2D eigenvalue weighted by molar-refractivity contribution is 0.285. The lowest BCUT2D eigenvalue weighted by atomic mass is 10.1. The zero-order valence-corrected chi connectivity index (χ0v) is 26.3. The number of nitrogens with two attached hydrogens (primary N) is 1. The number of fused-ring (bicyclic) bond motifs is 1. The van der Waals surface area contributed by atoms with Gasteiger partial charge in [0.25, 0.3) is 10.9 Å². The van der Waals surface area contributed by atoms with Crippen LogP contribution in [0.3, 0.4) is 0 Å². The molecule has 46 heavy (non-hydrogen) atoms. The van der Waals surface area contributed by atoms with Gasteiger partial charge in [-0.1, -0.05) is 56.3 Å². The fourth-order valence-electron chi connectivity index (χ4n) is 5.96. The first-order chi connectivity index (χ1) is 22.5. The Bertz CT molecular complexity index is 2030. The highest BCUT2D eigenvalue weighted by Crippen LogP contribution is 2.32. The van der Waals surface area contributed by atoms with Crippen LogP contribution in [0.2, 0.25) is 0 Å². The molecule has 1 aliphatic heterocycles. The first-order valence-corrected chi connectivity index (χ1v) is 15.6. The molecule has 10 heteroatoms. The van der Waals surface area contributed by atoms with Gasteiger partial charge in [0.2, 0.25) is 0 Å². The van der Waals surface area contributed by atoms with E-state index >= 15 is 0 Å². The number of pyridine rings is 2. The summed E-state index contributed by atoms with van der Waals surface area (Å²) >= 11 is 0. The Morgan fingerprint density at radius 3 is 2.35 bits per heavy atom. The zero-order chi connectivity index (χ0) is 32.2. The molecule has 3 aromatic heterocycles. The Labute approximate surface area is 267 Å². The minimum Gasteiger partial charge on any atom is -0.491 e. The van der Waals surface area contributed by atoms with E-state index < -0.39 is 10.9 Å². The molecule has 2 N–H and O–H groups in total. The third-order valence-corrected chi connectivity index (χ3v) is 8.21. The minimum atomic E-state index is -0.532. The number of nitrogens with zero attached hydrogens (tertiary/aromatic N) is 6. The van der Waals surface area contributed by atoms with E-state index in [9.17, 15) is 9.59 Å². The monoisotopic (exact) mass is 615 g/mol. The van der Waals surface area contributed by atoms with Crippen molar-refractivity contribution in [2.24, 2.45) is 0 Å². The van der Waals surface area contributed by atoms with Gasteiger partial charge < -0.3 is 15.4 Å². The van der Waals surface area contributed by atoms with Crippen LogP contribution < -0.4 is 26.2 Å². The van der Waals surface area contributed by atoms with E-state index in [-0.39, 0.29) is 5.75 Å². The average Bonchev–Trinajstić information content (AvgIpc) is 3.33. The molecule has 0 spiro atoms.